The van der Waals surface area contributed by atoms with Crippen molar-refractivity contribution in [3.8, 4) is 0 Å². The van der Waals surface area contributed by atoms with Crippen molar-refractivity contribution in [3.05, 3.63) is 36.1 Å². The summed E-state index contributed by atoms with van der Waals surface area (Å²) >= 11 is 0. The van der Waals surface area contributed by atoms with E-state index in [1.807, 2.05) is 0 Å². The smallest absolute Gasteiger partial charge is 0.115 e. The first-order chi connectivity index (χ1) is 7.42. The van der Waals surface area contributed by atoms with Gasteiger partial charge in [-0.05, 0) is 18.9 Å². The molecule has 0 fully saturated rings. The van der Waals surface area contributed by atoms with E-state index in [0.29, 0.717) is 0 Å². The van der Waals surface area contributed by atoms with Gasteiger partial charge in [0.05, 0.1) is 6.61 Å². The SMILES string of the molecule is NNC(C1=CCCCO1)c1cncnc1. The summed E-state index contributed by atoms with van der Waals surface area (Å²) in [6.07, 6.45) is 9.11. The first kappa shape index (κ1) is 10.1. The topological polar surface area (TPSA) is 73.1 Å². The Morgan fingerprint density at radius 2 is 2.20 bits per heavy atom. The van der Waals surface area contributed by atoms with Crippen molar-refractivity contribution >= 4 is 0 Å². The van der Waals surface area contributed by atoms with E-state index < -0.39 is 0 Å². The third kappa shape index (κ3) is 2.31. The van der Waals surface area contributed by atoms with Crippen LogP contribution in [0.2, 0.25) is 0 Å². The molecule has 0 bridgehead atoms. The number of aromatic nitrogens is 2. The van der Waals surface area contributed by atoms with E-state index in [2.05, 4.69) is 21.5 Å². The Bertz CT molecular complexity index is 339. The summed E-state index contributed by atoms with van der Waals surface area (Å²) in [5, 5.41) is 0. The van der Waals surface area contributed by atoms with Crippen molar-refractivity contribution in [1.82, 2.24) is 15.4 Å². The van der Waals surface area contributed by atoms with Gasteiger partial charge in [-0.2, -0.15) is 0 Å². The molecule has 0 saturated heterocycles. The monoisotopic (exact) mass is 206 g/mol. The molecular formula is C10H14N4O. The molecule has 0 amide bonds. The molecule has 1 aromatic heterocycles. The molecule has 0 aliphatic carbocycles. The van der Waals surface area contributed by atoms with Gasteiger partial charge in [0, 0.05) is 18.0 Å². The van der Waals surface area contributed by atoms with E-state index in [-0.39, 0.29) is 6.04 Å². The molecule has 80 valence electrons. The van der Waals surface area contributed by atoms with Crippen LogP contribution >= 0.6 is 0 Å². The van der Waals surface area contributed by atoms with Gasteiger partial charge in [-0.25, -0.2) is 15.4 Å². The van der Waals surface area contributed by atoms with Gasteiger partial charge in [-0.3, -0.25) is 5.84 Å². The molecule has 5 nitrogen and oxygen atoms in total. The zero-order valence-corrected chi connectivity index (χ0v) is 8.39. The Balaban J connectivity index is 2.20. The molecule has 2 rings (SSSR count). The zero-order valence-electron chi connectivity index (χ0n) is 8.39. The van der Waals surface area contributed by atoms with Crippen molar-refractivity contribution in [3.63, 3.8) is 0 Å². The molecule has 3 N–H and O–H groups in total. The van der Waals surface area contributed by atoms with Crippen molar-refractivity contribution in [2.75, 3.05) is 6.61 Å². The third-order valence-electron chi connectivity index (χ3n) is 2.33. The quantitative estimate of drug-likeness (QED) is 0.562. The highest BCUT2D eigenvalue weighted by Gasteiger charge is 2.18. The minimum Gasteiger partial charge on any atom is -0.496 e. The fourth-order valence-corrected chi connectivity index (χ4v) is 1.58. The lowest BCUT2D eigenvalue weighted by Crippen LogP contribution is -2.31. The summed E-state index contributed by atoms with van der Waals surface area (Å²) in [6, 6.07) is -0.147. The summed E-state index contributed by atoms with van der Waals surface area (Å²) in [4.78, 5) is 7.92. The van der Waals surface area contributed by atoms with Crippen LogP contribution in [0, 0.1) is 0 Å². The molecule has 1 aliphatic heterocycles. The fourth-order valence-electron chi connectivity index (χ4n) is 1.58. The van der Waals surface area contributed by atoms with Crippen LogP contribution < -0.4 is 11.3 Å². The number of hydrazine groups is 1. The lowest BCUT2D eigenvalue weighted by atomic mass is 10.1. The highest BCUT2D eigenvalue weighted by Crippen LogP contribution is 2.24. The van der Waals surface area contributed by atoms with Crippen LogP contribution in [-0.2, 0) is 4.74 Å². The molecule has 1 atom stereocenters. The van der Waals surface area contributed by atoms with Crippen LogP contribution in [-0.4, -0.2) is 16.6 Å². The largest absolute Gasteiger partial charge is 0.496 e. The van der Waals surface area contributed by atoms with E-state index in [1.165, 1.54) is 6.33 Å². The molecule has 0 aromatic carbocycles. The Morgan fingerprint density at radius 3 is 2.80 bits per heavy atom. The van der Waals surface area contributed by atoms with Gasteiger partial charge in [0.1, 0.15) is 18.1 Å². The number of allylic oxidation sites excluding steroid dienone is 1. The van der Waals surface area contributed by atoms with E-state index in [9.17, 15) is 0 Å². The summed E-state index contributed by atoms with van der Waals surface area (Å²) in [7, 11) is 0. The normalized spacial score (nSPS) is 17.8. The van der Waals surface area contributed by atoms with E-state index in [4.69, 9.17) is 10.6 Å². The average Bonchev–Trinajstić information content (AvgIpc) is 2.33. The standard InChI is InChI=1S/C10H14N4O/c11-14-10(8-5-12-7-13-6-8)9-3-1-2-4-15-9/h3,5-7,10,14H,1-2,4,11H2. The molecule has 0 spiro atoms. The molecule has 0 radical (unpaired) electrons. The van der Waals surface area contributed by atoms with Gasteiger partial charge >= 0.3 is 0 Å². The van der Waals surface area contributed by atoms with Crippen LogP contribution in [0.4, 0.5) is 0 Å². The first-order valence-corrected chi connectivity index (χ1v) is 4.95. The van der Waals surface area contributed by atoms with Gasteiger partial charge < -0.3 is 4.74 Å². The predicted octanol–water partition coefficient (Wildman–Crippen LogP) is 0.675. The Kier molecular flexibility index (Phi) is 3.26. The number of hydrogen-bond donors (Lipinski definition) is 2. The van der Waals surface area contributed by atoms with Crippen LogP contribution in [0.1, 0.15) is 24.4 Å². The molecule has 1 unspecified atom stereocenters. The third-order valence-corrected chi connectivity index (χ3v) is 2.33. The van der Waals surface area contributed by atoms with Crippen LogP contribution in [0.15, 0.2) is 30.6 Å². The number of rotatable bonds is 3. The maximum atomic E-state index is 5.55. The molecule has 0 saturated carbocycles. The number of nitrogens with zero attached hydrogens (tertiary/aromatic N) is 2. The van der Waals surface area contributed by atoms with Crippen LogP contribution in [0.3, 0.4) is 0 Å². The number of ether oxygens (including phenoxy) is 1. The minimum atomic E-state index is -0.147. The number of hydrogen-bond acceptors (Lipinski definition) is 5. The van der Waals surface area contributed by atoms with E-state index in [1.54, 1.807) is 12.4 Å². The van der Waals surface area contributed by atoms with Gasteiger partial charge in [-0.15, -0.1) is 0 Å². The molecule has 15 heavy (non-hydrogen) atoms. The van der Waals surface area contributed by atoms with Crippen molar-refractivity contribution in [2.24, 2.45) is 5.84 Å². The molecule has 2 heterocycles. The van der Waals surface area contributed by atoms with Gasteiger partial charge in [0.15, 0.2) is 0 Å². The fraction of sp³-hybridized carbons (Fsp3) is 0.400. The van der Waals surface area contributed by atoms with Gasteiger partial charge in [0.2, 0.25) is 0 Å². The van der Waals surface area contributed by atoms with Crippen LogP contribution in [0.5, 0.6) is 0 Å². The highest BCUT2D eigenvalue weighted by molar-refractivity contribution is 5.20. The second-order valence-corrected chi connectivity index (χ2v) is 3.37. The van der Waals surface area contributed by atoms with Crippen molar-refractivity contribution < 1.29 is 4.74 Å². The second-order valence-electron chi connectivity index (χ2n) is 3.37. The average molecular weight is 206 g/mol. The maximum Gasteiger partial charge on any atom is 0.115 e. The van der Waals surface area contributed by atoms with E-state index in [0.717, 1.165) is 30.8 Å². The minimum absolute atomic E-state index is 0.147. The Labute approximate surface area is 88.3 Å². The number of nitrogens with one attached hydrogen (secondary N) is 1. The molecular weight excluding hydrogens is 192 g/mol. The first-order valence-electron chi connectivity index (χ1n) is 4.95. The summed E-state index contributed by atoms with van der Waals surface area (Å²) in [5.41, 5.74) is 3.63. The Morgan fingerprint density at radius 1 is 1.40 bits per heavy atom. The van der Waals surface area contributed by atoms with Crippen molar-refractivity contribution in [1.29, 1.82) is 0 Å². The summed E-state index contributed by atoms with van der Waals surface area (Å²) < 4.78 is 5.55. The molecule has 5 heteroatoms. The van der Waals surface area contributed by atoms with Gasteiger partial charge in [-0.1, -0.05) is 0 Å². The van der Waals surface area contributed by atoms with Crippen LogP contribution in [0.25, 0.3) is 0 Å². The maximum absolute atomic E-state index is 5.55. The zero-order chi connectivity index (χ0) is 10.5. The lowest BCUT2D eigenvalue weighted by Gasteiger charge is -2.22. The number of nitrogens with two attached hydrogens (primary N) is 1. The predicted molar refractivity (Wildman–Crippen MR) is 55.4 cm³/mol. The summed E-state index contributed by atoms with van der Waals surface area (Å²) in [6.45, 7) is 0.748. The van der Waals surface area contributed by atoms with Gasteiger partial charge in [0.25, 0.3) is 0 Å². The molecule has 1 aliphatic rings. The second kappa shape index (κ2) is 4.86. The lowest BCUT2D eigenvalue weighted by molar-refractivity contribution is 0.167. The Hall–Kier alpha value is -1.46. The summed E-state index contributed by atoms with van der Waals surface area (Å²) in [5.74, 6) is 6.37. The highest BCUT2D eigenvalue weighted by atomic mass is 16.5. The molecule has 1 aromatic rings. The van der Waals surface area contributed by atoms with E-state index >= 15 is 0 Å². The van der Waals surface area contributed by atoms with Crippen molar-refractivity contribution in [2.45, 2.75) is 18.9 Å².